The van der Waals surface area contributed by atoms with Gasteiger partial charge in [-0.2, -0.15) is 5.10 Å². The van der Waals surface area contributed by atoms with Crippen LogP contribution in [-0.4, -0.2) is 28.9 Å². The minimum atomic E-state index is -0.341. The largest absolute Gasteiger partial charge is 0.461 e. The van der Waals surface area contributed by atoms with Crippen LogP contribution in [0.1, 0.15) is 41.4 Å². The van der Waals surface area contributed by atoms with E-state index in [0.717, 1.165) is 24.9 Å². The molecule has 0 saturated carbocycles. The molecular formula is C18H23N3O2. The first-order valence-electron chi connectivity index (χ1n) is 8.21. The maximum atomic E-state index is 12.1. The minimum absolute atomic E-state index is 0.341. The Hall–Kier alpha value is -2.30. The van der Waals surface area contributed by atoms with Crippen molar-refractivity contribution in [2.45, 2.75) is 32.7 Å². The molecule has 0 fully saturated rings. The molecular weight excluding hydrogens is 290 g/mol. The van der Waals surface area contributed by atoms with Crippen molar-refractivity contribution in [3.8, 4) is 0 Å². The predicted octanol–water partition coefficient (Wildman–Crippen LogP) is 2.94. The van der Waals surface area contributed by atoms with E-state index < -0.39 is 0 Å². The number of carbonyl (C=O) groups excluding carboxylic acids is 1. The number of benzene rings is 1. The molecule has 5 nitrogen and oxygen atoms in total. The molecule has 2 heterocycles. The molecule has 0 bridgehead atoms. The molecule has 5 heteroatoms. The van der Waals surface area contributed by atoms with E-state index in [-0.39, 0.29) is 5.97 Å². The maximum Gasteiger partial charge on any atom is 0.359 e. The molecule has 0 spiro atoms. The van der Waals surface area contributed by atoms with Crippen molar-refractivity contribution in [3.63, 3.8) is 0 Å². The third-order valence-corrected chi connectivity index (χ3v) is 4.19. The summed E-state index contributed by atoms with van der Waals surface area (Å²) in [5, 5.41) is 4.29. The summed E-state index contributed by atoms with van der Waals surface area (Å²) < 4.78 is 6.82. The summed E-state index contributed by atoms with van der Waals surface area (Å²) in [6.45, 7) is 3.85. The Balaban J connectivity index is 1.89. The summed E-state index contributed by atoms with van der Waals surface area (Å²) in [6, 6.07) is 8.54. The van der Waals surface area contributed by atoms with Gasteiger partial charge in [0.25, 0.3) is 0 Å². The number of hydrogen-bond acceptors (Lipinski definition) is 4. The molecule has 2 aromatic rings. The topological polar surface area (TPSA) is 47.4 Å². The molecule has 23 heavy (non-hydrogen) atoms. The SMILES string of the molecule is CCOC(=O)c1nn(C)cc1CN1CCCCc2ccccc21. The van der Waals surface area contributed by atoms with Gasteiger partial charge in [-0.05, 0) is 37.8 Å². The number of aromatic nitrogens is 2. The van der Waals surface area contributed by atoms with Gasteiger partial charge in [0, 0.05) is 37.6 Å². The molecule has 1 aliphatic heterocycles. The van der Waals surface area contributed by atoms with Gasteiger partial charge in [0.2, 0.25) is 0 Å². The summed E-state index contributed by atoms with van der Waals surface area (Å²) in [6.07, 6.45) is 5.39. The highest BCUT2D eigenvalue weighted by atomic mass is 16.5. The second-order valence-electron chi connectivity index (χ2n) is 5.90. The summed E-state index contributed by atoms with van der Waals surface area (Å²) in [7, 11) is 1.84. The van der Waals surface area contributed by atoms with Gasteiger partial charge >= 0.3 is 5.97 Å². The zero-order chi connectivity index (χ0) is 16.2. The molecule has 0 aliphatic carbocycles. The van der Waals surface area contributed by atoms with Crippen molar-refractivity contribution in [3.05, 3.63) is 47.3 Å². The highest BCUT2D eigenvalue weighted by molar-refractivity contribution is 5.88. The first kappa shape index (κ1) is 15.6. The lowest BCUT2D eigenvalue weighted by Crippen LogP contribution is -2.24. The number of aryl methyl sites for hydroxylation is 2. The summed E-state index contributed by atoms with van der Waals surface area (Å²) >= 11 is 0. The van der Waals surface area contributed by atoms with Gasteiger partial charge in [-0.1, -0.05) is 18.2 Å². The molecule has 122 valence electrons. The molecule has 1 aromatic heterocycles. The fourth-order valence-corrected chi connectivity index (χ4v) is 3.16. The Morgan fingerprint density at radius 1 is 1.30 bits per heavy atom. The van der Waals surface area contributed by atoms with Crippen LogP contribution in [0.5, 0.6) is 0 Å². The van der Waals surface area contributed by atoms with Crippen LogP contribution in [0.15, 0.2) is 30.5 Å². The Morgan fingerprint density at radius 3 is 2.96 bits per heavy atom. The maximum absolute atomic E-state index is 12.1. The van der Waals surface area contributed by atoms with E-state index in [0.29, 0.717) is 18.8 Å². The standard InChI is InChI=1S/C18H23N3O2/c1-3-23-18(22)17-15(12-20(2)19-17)13-21-11-7-6-9-14-8-4-5-10-16(14)21/h4-5,8,10,12H,3,6-7,9,11,13H2,1-2H3. The molecule has 0 radical (unpaired) electrons. The molecule has 0 unspecified atom stereocenters. The van der Waals surface area contributed by atoms with E-state index in [1.165, 1.54) is 17.7 Å². The lowest BCUT2D eigenvalue weighted by Gasteiger charge is -2.24. The van der Waals surface area contributed by atoms with E-state index in [9.17, 15) is 4.79 Å². The molecule has 0 saturated heterocycles. The number of rotatable bonds is 4. The number of ether oxygens (including phenoxy) is 1. The van der Waals surface area contributed by atoms with Gasteiger partial charge in [-0.25, -0.2) is 4.79 Å². The van der Waals surface area contributed by atoms with E-state index in [4.69, 9.17) is 4.74 Å². The van der Waals surface area contributed by atoms with Crippen molar-refractivity contribution in [2.75, 3.05) is 18.1 Å². The van der Waals surface area contributed by atoms with Crippen LogP contribution in [-0.2, 0) is 24.8 Å². The molecule has 3 rings (SSSR count). The van der Waals surface area contributed by atoms with Gasteiger partial charge in [0.05, 0.1) is 6.61 Å². The zero-order valence-electron chi connectivity index (χ0n) is 13.8. The highest BCUT2D eigenvalue weighted by Gasteiger charge is 2.21. The molecule has 0 N–H and O–H groups in total. The smallest absolute Gasteiger partial charge is 0.359 e. The van der Waals surface area contributed by atoms with E-state index in [1.54, 1.807) is 4.68 Å². The minimum Gasteiger partial charge on any atom is -0.461 e. The molecule has 1 aromatic carbocycles. The van der Waals surface area contributed by atoms with Gasteiger partial charge < -0.3 is 9.64 Å². The Morgan fingerprint density at radius 2 is 2.13 bits per heavy atom. The second kappa shape index (κ2) is 6.86. The van der Waals surface area contributed by atoms with Gasteiger partial charge in [-0.15, -0.1) is 0 Å². The third kappa shape index (κ3) is 3.38. The lowest BCUT2D eigenvalue weighted by atomic mass is 10.1. The van der Waals surface area contributed by atoms with E-state index >= 15 is 0 Å². The Kier molecular flexibility index (Phi) is 4.65. The number of para-hydroxylation sites is 1. The number of esters is 1. The highest BCUT2D eigenvalue weighted by Crippen LogP contribution is 2.28. The van der Waals surface area contributed by atoms with Crippen LogP contribution < -0.4 is 4.90 Å². The monoisotopic (exact) mass is 313 g/mol. The van der Waals surface area contributed by atoms with E-state index in [2.05, 4.69) is 34.3 Å². The van der Waals surface area contributed by atoms with Gasteiger partial charge in [-0.3, -0.25) is 4.68 Å². The van der Waals surface area contributed by atoms with Crippen LogP contribution in [0.3, 0.4) is 0 Å². The first-order valence-corrected chi connectivity index (χ1v) is 8.21. The summed E-state index contributed by atoms with van der Waals surface area (Å²) in [4.78, 5) is 14.5. The summed E-state index contributed by atoms with van der Waals surface area (Å²) in [5.41, 5.74) is 3.99. The van der Waals surface area contributed by atoms with Crippen LogP contribution in [0.25, 0.3) is 0 Å². The van der Waals surface area contributed by atoms with E-state index in [1.807, 2.05) is 20.2 Å². The van der Waals surface area contributed by atoms with Crippen LogP contribution in [0.4, 0.5) is 5.69 Å². The van der Waals surface area contributed by atoms with Crippen molar-refractivity contribution in [2.24, 2.45) is 7.05 Å². The third-order valence-electron chi connectivity index (χ3n) is 4.19. The zero-order valence-corrected chi connectivity index (χ0v) is 13.8. The average molecular weight is 313 g/mol. The normalized spacial score (nSPS) is 14.3. The van der Waals surface area contributed by atoms with Crippen molar-refractivity contribution in [1.29, 1.82) is 0 Å². The van der Waals surface area contributed by atoms with Gasteiger partial charge in [0.15, 0.2) is 5.69 Å². The predicted molar refractivity (Wildman–Crippen MR) is 89.6 cm³/mol. The number of nitrogens with zero attached hydrogens (tertiary/aromatic N) is 3. The van der Waals surface area contributed by atoms with Crippen LogP contribution >= 0.6 is 0 Å². The number of anilines is 1. The molecule has 0 atom stereocenters. The molecule has 0 amide bonds. The first-order chi connectivity index (χ1) is 11.2. The van der Waals surface area contributed by atoms with Crippen molar-refractivity contribution < 1.29 is 9.53 Å². The summed E-state index contributed by atoms with van der Waals surface area (Å²) in [5.74, 6) is -0.341. The Bertz CT molecular complexity index is 693. The van der Waals surface area contributed by atoms with Crippen LogP contribution in [0.2, 0.25) is 0 Å². The van der Waals surface area contributed by atoms with Gasteiger partial charge in [0.1, 0.15) is 0 Å². The number of fused-ring (bicyclic) bond motifs is 1. The average Bonchev–Trinajstić information content (AvgIpc) is 2.79. The van der Waals surface area contributed by atoms with Crippen molar-refractivity contribution in [1.82, 2.24) is 9.78 Å². The number of hydrogen-bond donors (Lipinski definition) is 0. The number of carbonyl (C=O) groups is 1. The van der Waals surface area contributed by atoms with Crippen LogP contribution in [0, 0.1) is 0 Å². The fraction of sp³-hybridized carbons (Fsp3) is 0.444. The Labute approximate surface area is 136 Å². The molecule has 1 aliphatic rings. The lowest BCUT2D eigenvalue weighted by molar-refractivity contribution is 0.0517. The second-order valence-corrected chi connectivity index (χ2v) is 5.90. The quantitative estimate of drug-likeness (QED) is 0.814. The fourth-order valence-electron chi connectivity index (χ4n) is 3.16. The van der Waals surface area contributed by atoms with Crippen molar-refractivity contribution >= 4 is 11.7 Å².